The van der Waals surface area contributed by atoms with E-state index in [4.69, 9.17) is 0 Å². The number of aliphatic hydroxyl groups excluding tert-OH is 1. The van der Waals surface area contributed by atoms with Crippen molar-refractivity contribution in [1.29, 1.82) is 0 Å². The standard InChI is InChI=1S/C24H28N4O4/c1-3-6-15-8-9-19-20-17(13-27(19)23(15)31)18(14-29)21(22(30)26-10-4-2)28(20)24(32)16-7-5-11-25-12-16/h3,5-9,11-12,17-18,20-21,29H,4,10,13-14H2,1-2H3,(H,26,30)/b6-3-/t17-,18-,20+,21-/m0/s1. The third-order valence-electron chi connectivity index (χ3n) is 6.41. The summed E-state index contributed by atoms with van der Waals surface area (Å²) < 4.78 is 1.68. The SMILES string of the molecule is C/C=C\c1ccc2n(c1=O)C[C@H]1[C@H](CO)[C@@H](C(=O)NCCC)N(C(=O)c3cccnc3)[C@@H]21. The van der Waals surface area contributed by atoms with Gasteiger partial charge >= 0.3 is 0 Å². The number of amides is 2. The number of nitrogens with zero attached hydrogens (tertiary/aromatic N) is 3. The van der Waals surface area contributed by atoms with Crippen LogP contribution in [0.1, 0.15) is 47.9 Å². The van der Waals surface area contributed by atoms with Gasteiger partial charge in [-0.1, -0.05) is 19.1 Å². The summed E-state index contributed by atoms with van der Waals surface area (Å²) in [7, 11) is 0. The molecule has 0 aromatic carbocycles. The van der Waals surface area contributed by atoms with Crippen LogP contribution in [-0.4, -0.2) is 50.6 Å². The molecular weight excluding hydrogens is 408 g/mol. The molecule has 2 aromatic heterocycles. The molecule has 0 bridgehead atoms. The van der Waals surface area contributed by atoms with E-state index in [2.05, 4.69) is 10.3 Å². The molecule has 0 radical (unpaired) electrons. The minimum atomic E-state index is -0.826. The lowest BCUT2D eigenvalue weighted by Crippen LogP contribution is -2.50. The van der Waals surface area contributed by atoms with Crippen LogP contribution < -0.4 is 10.9 Å². The number of carbonyl (C=O) groups excluding carboxylic acids is 2. The maximum Gasteiger partial charge on any atom is 0.258 e. The van der Waals surface area contributed by atoms with Gasteiger partial charge in [0.15, 0.2) is 0 Å². The zero-order valence-electron chi connectivity index (χ0n) is 18.3. The van der Waals surface area contributed by atoms with Crippen molar-refractivity contribution in [1.82, 2.24) is 19.8 Å². The summed E-state index contributed by atoms with van der Waals surface area (Å²) in [5.74, 6) is -1.34. The summed E-state index contributed by atoms with van der Waals surface area (Å²) in [6.07, 6.45) is 7.38. The van der Waals surface area contributed by atoms with Crippen LogP contribution in [0.15, 0.2) is 47.5 Å². The molecule has 4 atom stereocenters. The van der Waals surface area contributed by atoms with Crippen molar-refractivity contribution < 1.29 is 14.7 Å². The van der Waals surface area contributed by atoms with Gasteiger partial charge in [-0.25, -0.2) is 0 Å². The van der Waals surface area contributed by atoms with Crippen molar-refractivity contribution in [2.24, 2.45) is 11.8 Å². The average Bonchev–Trinajstić information content (AvgIpc) is 3.34. The van der Waals surface area contributed by atoms with Gasteiger partial charge in [-0.15, -0.1) is 0 Å². The van der Waals surface area contributed by atoms with Gasteiger partial charge in [-0.05, 0) is 37.6 Å². The lowest BCUT2D eigenvalue weighted by Gasteiger charge is -2.31. The van der Waals surface area contributed by atoms with Crippen LogP contribution in [0.25, 0.3) is 6.08 Å². The summed E-state index contributed by atoms with van der Waals surface area (Å²) in [6, 6.07) is 5.63. The van der Waals surface area contributed by atoms with E-state index in [1.54, 1.807) is 39.9 Å². The number of fused-ring (bicyclic) bond motifs is 3. The topological polar surface area (TPSA) is 105 Å². The first-order chi connectivity index (χ1) is 15.5. The molecule has 0 aliphatic carbocycles. The van der Waals surface area contributed by atoms with E-state index in [9.17, 15) is 19.5 Å². The van der Waals surface area contributed by atoms with E-state index in [0.717, 1.165) is 6.42 Å². The van der Waals surface area contributed by atoms with Gasteiger partial charge in [0.05, 0.1) is 11.6 Å². The van der Waals surface area contributed by atoms with Crippen LogP contribution in [0.5, 0.6) is 0 Å². The molecule has 2 N–H and O–H groups in total. The molecule has 0 spiro atoms. The van der Waals surface area contributed by atoms with Gasteiger partial charge in [-0.2, -0.15) is 0 Å². The fourth-order valence-electron chi connectivity index (χ4n) is 5.02. The minimum absolute atomic E-state index is 0.132. The predicted octanol–water partition coefficient (Wildman–Crippen LogP) is 1.61. The van der Waals surface area contributed by atoms with Crippen LogP contribution in [-0.2, 0) is 11.3 Å². The second kappa shape index (κ2) is 9.08. The largest absolute Gasteiger partial charge is 0.396 e. The molecule has 0 saturated carbocycles. The Kier molecular flexibility index (Phi) is 6.23. The Morgan fingerprint density at radius 2 is 2.12 bits per heavy atom. The van der Waals surface area contributed by atoms with E-state index in [1.165, 1.54) is 6.20 Å². The first-order valence-electron chi connectivity index (χ1n) is 11.0. The second-order valence-electron chi connectivity index (χ2n) is 8.27. The summed E-state index contributed by atoms with van der Waals surface area (Å²) in [6.45, 7) is 4.38. The first kappa shape index (κ1) is 22.0. The van der Waals surface area contributed by atoms with Crippen molar-refractivity contribution in [3.05, 3.63) is 69.9 Å². The first-order valence-corrected chi connectivity index (χ1v) is 11.0. The molecule has 1 fully saturated rings. The molecule has 2 aliphatic heterocycles. The highest BCUT2D eigenvalue weighted by Crippen LogP contribution is 2.49. The summed E-state index contributed by atoms with van der Waals surface area (Å²) in [5.41, 5.74) is 1.49. The molecule has 32 heavy (non-hydrogen) atoms. The van der Waals surface area contributed by atoms with E-state index in [1.807, 2.05) is 26.0 Å². The number of allylic oxidation sites excluding steroid dienone is 1. The molecule has 0 unspecified atom stereocenters. The van der Waals surface area contributed by atoms with Crippen LogP contribution >= 0.6 is 0 Å². The third-order valence-corrected chi connectivity index (χ3v) is 6.41. The normalized spacial score (nSPS) is 23.9. The number of aliphatic hydroxyl groups is 1. The van der Waals surface area contributed by atoms with E-state index < -0.39 is 18.0 Å². The monoisotopic (exact) mass is 436 g/mol. The molecule has 8 heteroatoms. The van der Waals surface area contributed by atoms with Gasteiger partial charge in [0.25, 0.3) is 11.5 Å². The van der Waals surface area contributed by atoms with Crippen LogP contribution in [0.4, 0.5) is 0 Å². The molecule has 2 aliphatic rings. The molecule has 2 aromatic rings. The highest BCUT2D eigenvalue weighted by Gasteiger charge is 2.57. The molecule has 8 nitrogen and oxygen atoms in total. The Balaban J connectivity index is 1.83. The van der Waals surface area contributed by atoms with Gasteiger partial charge in [0, 0.05) is 55.2 Å². The van der Waals surface area contributed by atoms with E-state index in [0.29, 0.717) is 29.9 Å². The molecule has 4 heterocycles. The average molecular weight is 437 g/mol. The number of hydrogen-bond donors (Lipinski definition) is 2. The molecule has 4 rings (SSSR count). The molecule has 1 saturated heterocycles. The highest BCUT2D eigenvalue weighted by atomic mass is 16.3. The third kappa shape index (κ3) is 3.54. The number of pyridine rings is 2. The molecular formula is C24H28N4O4. The Hall–Kier alpha value is -3.26. The number of aromatic nitrogens is 2. The quantitative estimate of drug-likeness (QED) is 0.716. The van der Waals surface area contributed by atoms with Gasteiger partial charge in [-0.3, -0.25) is 19.4 Å². The number of rotatable bonds is 6. The van der Waals surface area contributed by atoms with Gasteiger partial charge in [0.1, 0.15) is 6.04 Å². The summed E-state index contributed by atoms with van der Waals surface area (Å²) >= 11 is 0. The number of hydrogen-bond acceptors (Lipinski definition) is 5. The Labute approximate surface area is 186 Å². The van der Waals surface area contributed by atoms with Crippen molar-refractivity contribution in [3.8, 4) is 0 Å². The number of likely N-dealkylation sites (tertiary alicyclic amines) is 1. The zero-order valence-corrected chi connectivity index (χ0v) is 18.3. The van der Waals surface area contributed by atoms with Crippen molar-refractivity contribution in [2.75, 3.05) is 13.2 Å². The summed E-state index contributed by atoms with van der Waals surface area (Å²) in [4.78, 5) is 45.4. The zero-order chi connectivity index (χ0) is 22.8. The number of carbonyl (C=O) groups is 2. The van der Waals surface area contributed by atoms with Crippen molar-refractivity contribution in [2.45, 2.75) is 38.9 Å². The molecule has 168 valence electrons. The van der Waals surface area contributed by atoms with Crippen molar-refractivity contribution in [3.63, 3.8) is 0 Å². The van der Waals surface area contributed by atoms with Gasteiger partial charge < -0.3 is 19.9 Å². The highest BCUT2D eigenvalue weighted by molar-refractivity contribution is 5.98. The van der Waals surface area contributed by atoms with Crippen molar-refractivity contribution >= 4 is 17.9 Å². The van der Waals surface area contributed by atoms with E-state index >= 15 is 0 Å². The van der Waals surface area contributed by atoms with Gasteiger partial charge in [0.2, 0.25) is 5.91 Å². The maximum absolute atomic E-state index is 13.6. The lowest BCUT2D eigenvalue weighted by molar-refractivity contribution is -0.126. The molecule has 2 amide bonds. The smallest absolute Gasteiger partial charge is 0.258 e. The Morgan fingerprint density at radius 3 is 2.78 bits per heavy atom. The van der Waals surface area contributed by atoms with Crippen LogP contribution in [0.3, 0.4) is 0 Å². The summed E-state index contributed by atoms with van der Waals surface area (Å²) in [5, 5.41) is 13.2. The Morgan fingerprint density at radius 1 is 1.31 bits per heavy atom. The fraction of sp³-hybridized carbons (Fsp3) is 0.417. The Bertz CT molecular complexity index is 1090. The number of nitrogens with one attached hydrogen (secondary N) is 1. The fourth-order valence-corrected chi connectivity index (χ4v) is 5.02. The van der Waals surface area contributed by atoms with Crippen LogP contribution in [0, 0.1) is 11.8 Å². The minimum Gasteiger partial charge on any atom is -0.396 e. The second-order valence-corrected chi connectivity index (χ2v) is 8.27. The van der Waals surface area contributed by atoms with Crippen LogP contribution in [0.2, 0.25) is 0 Å². The van der Waals surface area contributed by atoms with E-state index in [-0.39, 0.29) is 29.9 Å². The predicted molar refractivity (Wildman–Crippen MR) is 120 cm³/mol. The maximum atomic E-state index is 13.6. The lowest BCUT2D eigenvalue weighted by atomic mass is 9.88.